The molecule has 0 aromatic rings. The first-order valence-electron chi connectivity index (χ1n) is 15.4. The molecule has 0 aromatic carbocycles. The molecule has 5 rings (SSSR count). The van der Waals surface area contributed by atoms with Crippen LogP contribution in [0.15, 0.2) is 60.0 Å². The Morgan fingerprint density at radius 1 is 0.698 bits per heavy atom. The third-order valence-corrected chi connectivity index (χ3v) is 8.52. The van der Waals surface area contributed by atoms with Gasteiger partial charge in [-0.1, -0.05) is 76.2 Å². The molecule has 0 aromatic heterocycles. The van der Waals surface area contributed by atoms with Crippen LogP contribution in [-0.2, 0) is 19.0 Å². The fourth-order valence-electron chi connectivity index (χ4n) is 6.14. The number of rotatable bonds is 6. The summed E-state index contributed by atoms with van der Waals surface area (Å²) in [4.78, 5) is 14.1. The summed E-state index contributed by atoms with van der Waals surface area (Å²) in [6.45, 7) is 21.3. The average Bonchev–Trinajstić information content (AvgIpc) is 3.22. The topological polar surface area (TPSA) is 44.8 Å². The van der Waals surface area contributed by atoms with Crippen molar-refractivity contribution in [1.82, 2.24) is 0 Å². The predicted molar refractivity (Wildman–Crippen MR) is 176 cm³/mol. The van der Waals surface area contributed by atoms with Crippen LogP contribution in [0.4, 0.5) is 0 Å². The van der Waals surface area contributed by atoms with Crippen LogP contribution in [0.25, 0.3) is 34.4 Å². The maximum atomic E-state index is 14.1. The Kier molecular flexibility index (Phi) is 8.28. The molecule has 1 fully saturated rings. The number of carbonyl (C=O) groups excluding carboxylic acids is 1. The molecule has 4 nitrogen and oxygen atoms in total. The molecule has 0 atom stereocenters. The molecule has 224 valence electrons. The van der Waals surface area contributed by atoms with E-state index >= 15 is 0 Å². The highest BCUT2D eigenvalue weighted by molar-refractivity contribution is 6.12. The van der Waals surface area contributed by atoms with E-state index in [2.05, 4.69) is 104 Å². The molecular weight excluding hydrogens is 532 g/mol. The van der Waals surface area contributed by atoms with Crippen molar-refractivity contribution in [3.8, 4) is 22.3 Å². The standard InChI is InChI=1S/C39H44O4/c1-11-41-39(10)42-34(20-30-16-26(8)32-18-28(22(2)3)14-12-24(6)36(30)32)38(40)35(43-39)21-31-17-27(9)33-19-29(23(4)5)15-13-25(7)37(31)33/h12-23H,11H2,1-10H3. The van der Waals surface area contributed by atoms with Crippen molar-refractivity contribution in [2.75, 3.05) is 6.61 Å². The minimum Gasteiger partial charge on any atom is -0.426 e. The largest absolute Gasteiger partial charge is 0.426 e. The van der Waals surface area contributed by atoms with Crippen molar-refractivity contribution in [2.45, 2.75) is 87.0 Å². The fourth-order valence-corrected chi connectivity index (χ4v) is 6.14. The number of hydrogen-bond donors (Lipinski definition) is 0. The van der Waals surface area contributed by atoms with Gasteiger partial charge in [-0.3, -0.25) is 4.79 Å². The van der Waals surface area contributed by atoms with Gasteiger partial charge < -0.3 is 14.2 Å². The van der Waals surface area contributed by atoms with Crippen molar-refractivity contribution < 1.29 is 19.0 Å². The van der Waals surface area contributed by atoms with Gasteiger partial charge in [0.05, 0.1) is 6.61 Å². The van der Waals surface area contributed by atoms with Crippen molar-refractivity contribution >= 4 is 17.9 Å². The minimum absolute atomic E-state index is 0.201. The Bertz CT molecular complexity index is 1580. The normalized spacial score (nSPS) is 19.2. The zero-order valence-electron chi connectivity index (χ0n) is 27.3. The minimum atomic E-state index is -1.44. The number of hydrogen-bond acceptors (Lipinski definition) is 4. The lowest BCUT2D eigenvalue weighted by Crippen LogP contribution is -2.42. The second-order valence-electron chi connectivity index (χ2n) is 12.6. The van der Waals surface area contributed by atoms with E-state index < -0.39 is 5.97 Å². The molecule has 43 heavy (non-hydrogen) atoms. The van der Waals surface area contributed by atoms with Gasteiger partial charge in [-0.05, 0) is 125 Å². The molecular formula is C39H44O4. The summed E-state index contributed by atoms with van der Waals surface area (Å²) in [5, 5.41) is 0. The molecule has 0 saturated carbocycles. The van der Waals surface area contributed by atoms with E-state index in [1.807, 2.05) is 19.1 Å². The Morgan fingerprint density at radius 3 is 1.49 bits per heavy atom. The Morgan fingerprint density at radius 2 is 1.12 bits per heavy atom. The van der Waals surface area contributed by atoms with Crippen molar-refractivity contribution in [1.29, 1.82) is 0 Å². The van der Waals surface area contributed by atoms with E-state index in [1.165, 1.54) is 22.3 Å². The van der Waals surface area contributed by atoms with E-state index in [9.17, 15) is 4.79 Å². The van der Waals surface area contributed by atoms with Gasteiger partial charge in [0.15, 0.2) is 11.5 Å². The first kappa shape index (κ1) is 30.6. The molecule has 1 aliphatic heterocycles. The van der Waals surface area contributed by atoms with Crippen LogP contribution in [-0.4, -0.2) is 18.4 Å². The van der Waals surface area contributed by atoms with Gasteiger partial charge in [0, 0.05) is 6.92 Å². The van der Waals surface area contributed by atoms with Crippen molar-refractivity contribution in [2.24, 2.45) is 0 Å². The van der Waals surface area contributed by atoms with E-state index in [4.69, 9.17) is 14.2 Å². The molecule has 0 unspecified atom stereocenters. The summed E-state index contributed by atoms with van der Waals surface area (Å²) in [7, 11) is 0. The highest BCUT2D eigenvalue weighted by Gasteiger charge is 2.41. The van der Waals surface area contributed by atoms with E-state index in [0.717, 1.165) is 44.5 Å². The van der Waals surface area contributed by atoms with Gasteiger partial charge in [-0.15, -0.1) is 0 Å². The van der Waals surface area contributed by atoms with Gasteiger partial charge >= 0.3 is 5.97 Å². The van der Waals surface area contributed by atoms with Gasteiger partial charge in [-0.2, -0.15) is 0 Å². The van der Waals surface area contributed by atoms with Gasteiger partial charge in [0.1, 0.15) is 0 Å². The summed E-state index contributed by atoms with van der Waals surface area (Å²) in [5.41, 5.74) is 13.7. The third kappa shape index (κ3) is 5.86. The maximum absolute atomic E-state index is 14.1. The Balaban J connectivity index is 1.64. The predicted octanol–water partition coefficient (Wildman–Crippen LogP) is 10.1. The summed E-state index contributed by atoms with van der Waals surface area (Å²) in [6, 6.07) is 17.5. The summed E-state index contributed by atoms with van der Waals surface area (Å²) >= 11 is 0. The lowest BCUT2D eigenvalue weighted by molar-refractivity contribution is -0.343. The molecule has 1 heterocycles. The molecule has 0 amide bonds. The van der Waals surface area contributed by atoms with E-state index in [0.29, 0.717) is 18.4 Å². The van der Waals surface area contributed by atoms with Crippen molar-refractivity contribution in [3.63, 3.8) is 0 Å². The lowest BCUT2D eigenvalue weighted by Gasteiger charge is -2.35. The summed E-state index contributed by atoms with van der Waals surface area (Å²) in [5.74, 6) is -0.531. The molecule has 4 aliphatic carbocycles. The lowest BCUT2D eigenvalue weighted by atomic mass is 9.99. The van der Waals surface area contributed by atoms with E-state index in [1.54, 1.807) is 6.92 Å². The van der Waals surface area contributed by atoms with Gasteiger partial charge in [0.2, 0.25) is 0 Å². The molecule has 0 N–H and O–H groups in total. The molecule has 0 bridgehead atoms. The Hall–Kier alpha value is -3.89. The SMILES string of the molecule is CCOC1(C)OC(=Cc2cc(C)c3cc(C(C)C)ccc(C)c2-3)C(=O)C(=Cc2cc(C)c3cc(C(C)C)ccc(C)c2-3)O1. The maximum Gasteiger partial charge on any atom is 0.368 e. The molecule has 5 aliphatic rings. The van der Waals surface area contributed by atoms with Crippen LogP contribution < -0.4 is 0 Å². The van der Waals surface area contributed by atoms with Crippen LogP contribution in [0.2, 0.25) is 0 Å². The third-order valence-electron chi connectivity index (χ3n) is 8.52. The Labute approximate surface area is 257 Å². The van der Waals surface area contributed by atoms with Gasteiger partial charge in [-0.25, -0.2) is 0 Å². The highest BCUT2D eigenvalue weighted by atomic mass is 16.9. The van der Waals surface area contributed by atoms with E-state index in [-0.39, 0.29) is 17.3 Å². The summed E-state index contributed by atoms with van der Waals surface area (Å²) < 4.78 is 18.3. The highest BCUT2D eigenvalue weighted by Crippen LogP contribution is 2.41. The van der Waals surface area contributed by atoms with Crippen molar-refractivity contribution in [3.05, 3.63) is 105 Å². The number of Topliss-reactive ketones (excluding diaryl/α,β-unsaturated/α-hetero) is 1. The average molecular weight is 577 g/mol. The second-order valence-corrected chi connectivity index (χ2v) is 12.6. The zero-order chi connectivity index (χ0) is 31.2. The van der Waals surface area contributed by atoms with Crippen LogP contribution >= 0.6 is 0 Å². The number of fused-ring (bicyclic) bond motifs is 2. The molecule has 0 radical (unpaired) electrons. The first-order chi connectivity index (χ1) is 20.3. The molecule has 4 heteroatoms. The smallest absolute Gasteiger partial charge is 0.368 e. The first-order valence-corrected chi connectivity index (χ1v) is 15.4. The number of aryl methyl sites for hydroxylation is 4. The zero-order valence-corrected chi connectivity index (χ0v) is 27.3. The van der Waals surface area contributed by atoms with Crippen LogP contribution in [0.3, 0.4) is 0 Å². The number of ketones is 1. The quantitative estimate of drug-likeness (QED) is 0.214. The van der Waals surface area contributed by atoms with Crippen LogP contribution in [0, 0.1) is 27.7 Å². The molecule has 0 spiro atoms. The number of ether oxygens (including phenoxy) is 3. The monoisotopic (exact) mass is 576 g/mol. The van der Waals surface area contributed by atoms with Crippen LogP contribution in [0.5, 0.6) is 0 Å². The summed E-state index contributed by atoms with van der Waals surface area (Å²) in [6.07, 6.45) is 3.70. The van der Waals surface area contributed by atoms with Crippen LogP contribution in [0.1, 0.15) is 97.9 Å². The second kappa shape index (κ2) is 11.7. The van der Waals surface area contributed by atoms with Gasteiger partial charge in [0.25, 0.3) is 5.78 Å². The molecule has 1 saturated heterocycles. The number of carbonyl (C=O) groups is 1. The fraction of sp³-hybridized carbons (Fsp3) is 0.359.